The Morgan fingerprint density at radius 1 is 1.39 bits per heavy atom. The minimum atomic E-state index is -3.50. The lowest BCUT2D eigenvalue weighted by Gasteiger charge is -2.16. The van der Waals surface area contributed by atoms with E-state index >= 15 is 0 Å². The summed E-state index contributed by atoms with van der Waals surface area (Å²) in [4.78, 5) is 14.5. The largest absolute Gasteiger partial charge is 0.340 e. The Kier molecular flexibility index (Phi) is 3.93. The molecule has 1 aromatic heterocycles. The molecule has 2 heterocycles. The first-order valence-electron chi connectivity index (χ1n) is 7.61. The molecule has 6 nitrogen and oxygen atoms in total. The number of fused-ring (bicyclic) bond motifs is 1. The summed E-state index contributed by atoms with van der Waals surface area (Å²) in [6, 6.07) is 7.91. The molecule has 0 aliphatic carbocycles. The first-order chi connectivity index (χ1) is 10.8. The number of nitrogens with two attached hydrogens (primary N) is 1. The van der Waals surface area contributed by atoms with Crippen molar-refractivity contribution in [2.75, 3.05) is 18.8 Å². The average molecular weight is 335 g/mol. The van der Waals surface area contributed by atoms with Crippen LogP contribution in [0, 0.1) is 12.8 Å². The SMILES string of the molecule is Cc1cccc2c1cc(C(=O)N1CCC(CS(N)(=O)=O)C1)n2C. The van der Waals surface area contributed by atoms with E-state index in [0.29, 0.717) is 25.2 Å². The molecule has 23 heavy (non-hydrogen) atoms. The molecule has 2 aromatic rings. The fourth-order valence-corrected chi connectivity index (χ4v) is 4.29. The topological polar surface area (TPSA) is 85.4 Å². The van der Waals surface area contributed by atoms with Gasteiger partial charge in [-0.15, -0.1) is 0 Å². The van der Waals surface area contributed by atoms with Crippen LogP contribution in [-0.2, 0) is 17.1 Å². The molecule has 1 aromatic carbocycles. The van der Waals surface area contributed by atoms with Gasteiger partial charge in [-0.25, -0.2) is 13.6 Å². The Labute approximate surface area is 135 Å². The van der Waals surface area contributed by atoms with Gasteiger partial charge >= 0.3 is 0 Å². The van der Waals surface area contributed by atoms with Gasteiger partial charge in [0, 0.05) is 31.0 Å². The lowest BCUT2D eigenvalue weighted by molar-refractivity contribution is 0.0779. The molecule has 1 fully saturated rings. The summed E-state index contributed by atoms with van der Waals surface area (Å²) >= 11 is 0. The number of sulfonamides is 1. The van der Waals surface area contributed by atoms with Crippen LogP contribution in [0.3, 0.4) is 0 Å². The Hall–Kier alpha value is -1.86. The smallest absolute Gasteiger partial charge is 0.270 e. The second-order valence-corrected chi connectivity index (χ2v) is 7.99. The molecule has 0 spiro atoms. The minimum absolute atomic E-state index is 0.0555. The summed E-state index contributed by atoms with van der Waals surface area (Å²) in [6.07, 6.45) is 0.672. The molecule has 1 aliphatic rings. The predicted molar refractivity (Wildman–Crippen MR) is 89.6 cm³/mol. The fourth-order valence-electron chi connectivity index (χ4n) is 3.36. The molecule has 0 radical (unpaired) electrons. The van der Waals surface area contributed by atoms with Crippen LogP contribution >= 0.6 is 0 Å². The highest BCUT2D eigenvalue weighted by atomic mass is 32.2. The van der Waals surface area contributed by atoms with Gasteiger partial charge in [0.05, 0.1) is 5.75 Å². The zero-order valence-corrected chi connectivity index (χ0v) is 14.1. The van der Waals surface area contributed by atoms with Crippen molar-refractivity contribution in [1.82, 2.24) is 9.47 Å². The van der Waals surface area contributed by atoms with Crippen molar-refractivity contribution in [2.24, 2.45) is 18.1 Å². The minimum Gasteiger partial charge on any atom is -0.340 e. The van der Waals surface area contributed by atoms with E-state index in [2.05, 4.69) is 0 Å². The van der Waals surface area contributed by atoms with Gasteiger partial charge in [0.1, 0.15) is 5.69 Å². The maximum Gasteiger partial charge on any atom is 0.270 e. The van der Waals surface area contributed by atoms with E-state index < -0.39 is 10.0 Å². The first-order valence-corrected chi connectivity index (χ1v) is 9.32. The van der Waals surface area contributed by atoms with E-state index in [1.807, 2.05) is 42.8 Å². The quantitative estimate of drug-likeness (QED) is 0.915. The van der Waals surface area contributed by atoms with E-state index in [0.717, 1.165) is 16.5 Å². The number of hydrogen-bond acceptors (Lipinski definition) is 3. The molecule has 1 unspecified atom stereocenters. The molecule has 2 N–H and O–H groups in total. The number of carbonyl (C=O) groups excluding carboxylic acids is 1. The maximum atomic E-state index is 12.8. The Morgan fingerprint density at radius 2 is 2.13 bits per heavy atom. The van der Waals surface area contributed by atoms with Gasteiger partial charge < -0.3 is 9.47 Å². The number of aryl methyl sites for hydroxylation is 2. The van der Waals surface area contributed by atoms with Crippen LogP contribution in [0.2, 0.25) is 0 Å². The Bertz CT molecular complexity index is 870. The van der Waals surface area contributed by atoms with Crippen LogP contribution < -0.4 is 5.14 Å². The summed E-state index contributed by atoms with van der Waals surface area (Å²) in [6.45, 7) is 3.03. The number of nitrogens with zero attached hydrogens (tertiary/aromatic N) is 2. The molecule has 0 bridgehead atoms. The number of primary sulfonamides is 1. The van der Waals surface area contributed by atoms with Crippen LogP contribution in [0.1, 0.15) is 22.5 Å². The summed E-state index contributed by atoms with van der Waals surface area (Å²) in [5, 5.41) is 6.17. The van der Waals surface area contributed by atoms with Gasteiger partial charge in [0.2, 0.25) is 10.0 Å². The highest BCUT2D eigenvalue weighted by molar-refractivity contribution is 7.89. The number of rotatable bonds is 3. The van der Waals surface area contributed by atoms with E-state index in [-0.39, 0.29) is 17.6 Å². The van der Waals surface area contributed by atoms with E-state index in [9.17, 15) is 13.2 Å². The van der Waals surface area contributed by atoms with Crippen LogP contribution in [0.25, 0.3) is 10.9 Å². The lowest BCUT2D eigenvalue weighted by Crippen LogP contribution is -2.31. The molecule has 1 atom stereocenters. The molecule has 1 amide bonds. The van der Waals surface area contributed by atoms with E-state index in [1.54, 1.807) is 4.90 Å². The first kappa shape index (κ1) is 16.0. The number of amides is 1. The van der Waals surface area contributed by atoms with Gasteiger partial charge in [0.15, 0.2) is 0 Å². The Morgan fingerprint density at radius 3 is 2.78 bits per heavy atom. The van der Waals surface area contributed by atoms with Crippen LogP contribution in [0.5, 0.6) is 0 Å². The molecule has 0 saturated carbocycles. The van der Waals surface area contributed by atoms with Crippen molar-refractivity contribution in [3.8, 4) is 0 Å². The van der Waals surface area contributed by atoms with Gasteiger partial charge in [-0.3, -0.25) is 4.79 Å². The molecule has 1 saturated heterocycles. The summed E-state index contributed by atoms with van der Waals surface area (Å²) in [7, 11) is -1.62. The fraction of sp³-hybridized carbons (Fsp3) is 0.438. The number of aromatic nitrogens is 1. The molecular formula is C16H21N3O3S. The number of likely N-dealkylation sites (tertiary alicyclic amines) is 1. The highest BCUT2D eigenvalue weighted by Crippen LogP contribution is 2.25. The van der Waals surface area contributed by atoms with Crippen molar-refractivity contribution in [3.05, 3.63) is 35.5 Å². The number of carbonyl (C=O) groups is 1. The molecular weight excluding hydrogens is 314 g/mol. The van der Waals surface area contributed by atoms with Crippen molar-refractivity contribution in [2.45, 2.75) is 13.3 Å². The third kappa shape index (κ3) is 3.11. The number of hydrogen-bond donors (Lipinski definition) is 1. The van der Waals surface area contributed by atoms with Gasteiger partial charge in [0.25, 0.3) is 5.91 Å². The highest BCUT2D eigenvalue weighted by Gasteiger charge is 2.30. The van der Waals surface area contributed by atoms with Gasteiger partial charge in [-0.05, 0) is 37.0 Å². The van der Waals surface area contributed by atoms with Crippen LogP contribution in [0.15, 0.2) is 24.3 Å². The summed E-state index contributed by atoms with van der Waals surface area (Å²) in [5.74, 6) is -0.198. The molecule has 124 valence electrons. The standard InChI is InChI=1S/C16H21N3O3S/c1-11-4-3-5-14-13(11)8-15(18(14)2)16(20)19-7-6-12(9-19)10-23(17,21)22/h3-5,8,12H,6-7,9-10H2,1-2H3,(H2,17,21,22). The summed E-state index contributed by atoms with van der Waals surface area (Å²) in [5.41, 5.74) is 2.78. The predicted octanol–water partition coefficient (Wildman–Crippen LogP) is 1.24. The van der Waals surface area contributed by atoms with Crippen molar-refractivity contribution >= 4 is 26.8 Å². The number of benzene rings is 1. The van der Waals surface area contributed by atoms with Crippen molar-refractivity contribution < 1.29 is 13.2 Å². The van der Waals surface area contributed by atoms with Crippen molar-refractivity contribution in [3.63, 3.8) is 0 Å². The lowest BCUT2D eigenvalue weighted by atomic mass is 10.1. The van der Waals surface area contributed by atoms with Crippen LogP contribution in [-0.4, -0.2) is 42.6 Å². The second-order valence-electron chi connectivity index (χ2n) is 6.33. The van der Waals surface area contributed by atoms with E-state index in [1.165, 1.54) is 0 Å². The van der Waals surface area contributed by atoms with Gasteiger partial charge in [-0.2, -0.15) is 0 Å². The maximum absolute atomic E-state index is 12.8. The Balaban J connectivity index is 1.85. The third-order valence-electron chi connectivity index (χ3n) is 4.57. The normalized spacial score (nSPS) is 18.7. The molecule has 1 aliphatic heterocycles. The second kappa shape index (κ2) is 5.65. The third-order valence-corrected chi connectivity index (χ3v) is 5.50. The zero-order chi connectivity index (χ0) is 16.8. The molecule has 7 heteroatoms. The van der Waals surface area contributed by atoms with Crippen molar-refractivity contribution in [1.29, 1.82) is 0 Å². The average Bonchev–Trinajstić information content (AvgIpc) is 3.03. The molecule has 3 rings (SSSR count). The van der Waals surface area contributed by atoms with Gasteiger partial charge in [-0.1, -0.05) is 12.1 Å². The van der Waals surface area contributed by atoms with Crippen LogP contribution in [0.4, 0.5) is 0 Å². The zero-order valence-electron chi connectivity index (χ0n) is 13.3. The monoisotopic (exact) mass is 335 g/mol. The summed E-state index contributed by atoms with van der Waals surface area (Å²) < 4.78 is 24.3. The van der Waals surface area contributed by atoms with E-state index in [4.69, 9.17) is 5.14 Å².